The molecule has 1 heterocycles. The lowest BCUT2D eigenvalue weighted by molar-refractivity contribution is 0.576. The van der Waals surface area contributed by atoms with Crippen molar-refractivity contribution in [3.05, 3.63) is 28.8 Å². The van der Waals surface area contributed by atoms with E-state index in [-0.39, 0.29) is 0 Å². The number of nitrogens with zero attached hydrogens (tertiary/aromatic N) is 1. The number of pyridine rings is 1. The van der Waals surface area contributed by atoms with Crippen molar-refractivity contribution in [3.63, 3.8) is 0 Å². The van der Waals surface area contributed by atoms with Gasteiger partial charge in [-0.05, 0) is 12.6 Å². The van der Waals surface area contributed by atoms with Crippen molar-refractivity contribution < 1.29 is 4.39 Å². The van der Waals surface area contributed by atoms with E-state index in [0.717, 1.165) is 0 Å². The van der Waals surface area contributed by atoms with Crippen LogP contribution in [0.5, 0.6) is 0 Å². The first-order valence-electron chi connectivity index (χ1n) is 3.24. The minimum absolute atomic E-state index is 0.362. The molecule has 2 N–H and O–H groups in total. The van der Waals surface area contributed by atoms with Crippen LogP contribution in [0.3, 0.4) is 0 Å². The Hall–Kier alpha value is -0.670. The zero-order valence-electron chi connectivity index (χ0n) is 5.85. The van der Waals surface area contributed by atoms with Crippen LogP contribution in [0.1, 0.15) is 5.69 Å². The van der Waals surface area contributed by atoms with Gasteiger partial charge in [-0.25, -0.2) is 4.98 Å². The third kappa shape index (κ3) is 2.44. The van der Waals surface area contributed by atoms with Gasteiger partial charge in [0, 0.05) is 23.2 Å². The van der Waals surface area contributed by atoms with Gasteiger partial charge >= 0.3 is 0 Å². The summed E-state index contributed by atoms with van der Waals surface area (Å²) < 4.78 is 12.5. The Morgan fingerprint density at radius 1 is 1.55 bits per heavy atom. The normalized spacial score (nSPS) is 10.1. The quantitative estimate of drug-likeness (QED) is 0.688. The van der Waals surface area contributed by atoms with Crippen molar-refractivity contribution in [2.75, 3.05) is 6.54 Å². The molecule has 11 heavy (non-hydrogen) atoms. The first-order chi connectivity index (χ1) is 5.22. The van der Waals surface area contributed by atoms with Crippen LogP contribution in [0.15, 0.2) is 12.1 Å². The molecule has 0 amide bonds. The molecule has 0 aliphatic heterocycles. The maximum atomic E-state index is 12.5. The molecule has 0 aliphatic carbocycles. The smallest absolute Gasteiger partial charge is 0.214 e. The lowest BCUT2D eigenvalue weighted by Gasteiger charge is -1.97. The summed E-state index contributed by atoms with van der Waals surface area (Å²) in [5.41, 5.74) is 5.85. The van der Waals surface area contributed by atoms with E-state index in [1.165, 1.54) is 6.07 Å². The molecule has 2 nitrogen and oxygen atoms in total. The molecule has 4 heteroatoms. The van der Waals surface area contributed by atoms with E-state index in [4.69, 9.17) is 17.3 Å². The average Bonchev–Trinajstić information content (AvgIpc) is 1.85. The number of halogens is 2. The number of hydrogen-bond donors (Lipinski definition) is 1. The van der Waals surface area contributed by atoms with Crippen molar-refractivity contribution in [3.8, 4) is 0 Å². The molecule has 1 aromatic rings. The van der Waals surface area contributed by atoms with E-state index in [1.807, 2.05) is 0 Å². The summed E-state index contributed by atoms with van der Waals surface area (Å²) in [7, 11) is 0. The molecule has 60 valence electrons. The molecule has 0 unspecified atom stereocenters. The monoisotopic (exact) mass is 174 g/mol. The van der Waals surface area contributed by atoms with E-state index in [0.29, 0.717) is 23.7 Å². The third-order valence-electron chi connectivity index (χ3n) is 1.21. The summed E-state index contributed by atoms with van der Waals surface area (Å²) in [6.07, 6.45) is 0.553. The molecule has 0 aromatic carbocycles. The summed E-state index contributed by atoms with van der Waals surface area (Å²) in [5.74, 6) is -0.555. The molecule has 1 rings (SSSR count). The Bertz CT molecular complexity index is 232. The fraction of sp³-hybridized carbons (Fsp3) is 0.286. The molecular weight excluding hydrogens is 167 g/mol. The van der Waals surface area contributed by atoms with Crippen LogP contribution >= 0.6 is 11.6 Å². The first kappa shape index (κ1) is 8.43. The maximum Gasteiger partial charge on any atom is 0.214 e. The van der Waals surface area contributed by atoms with Gasteiger partial charge in [-0.15, -0.1) is 0 Å². The number of aromatic nitrogens is 1. The Balaban J connectivity index is 2.89. The summed E-state index contributed by atoms with van der Waals surface area (Å²) in [6, 6.07) is 2.78. The SMILES string of the molecule is NCCc1cc(Cl)cc(F)n1. The van der Waals surface area contributed by atoms with E-state index in [2.05, 4.69) is 4.98 Å². The van der Waals surface area contributed by atoms with Crippen LogP contribution in [0.4, 0.5) is 4.39 Å². The fourth-order valence-electron chi connectivity index (χ4n) is 0.792. The standard InChI is InChI=1S/C7H8ClFN2/c8-5-3-6(1-2-10)11-7(9)4-5/h3-4H,1-2,10H2. The largest absolute Gasteiger partial charge is 0.330 e. The van der Waals surface area contributed by atoms with E-state index in [1.54, 1.807) is 6.07 Å². The van der Waals surface area contributed by atoms with Crippen LogP contribution in [0.2, 0.25) is 5.02 Å². The van der Waals surface area contributed by atoms with Gasteiger partial charge in [-0.2, -0.15) is 4.39 Å². The van der Waals surface area contributed by atoms with Gasteiger partial charge in [0.25, 0.3) is 0 Å². The Morgan fingerprint density at radius 2 is 2.27 bits per heavy atom. The summed E-state index contributed by atoms with van der Waals surface area (Å²) in [4.78, 5) is 3.59. The Morgan fingerprint density at radius 3 is 2.82 bits per heavy atom. The molecule has 0 fully saturated rings. The fourth-order valence-corrected chi connectivity index (χ4v) is 1.01. The van der Waals surface area contributed by atoms with Crippen LogP contribution in [0.25, 0.3) is 0 Å². The van der Waals surface area contributed by atoms with Gasteiger partial charge in [0.1, 0.15) is 0 Å². The minimum atomic E-state index is -0.555. The highest BCUT2D eigenvalue weighted by Crippen LogP contribution is 2.10. The van der Waals surface area contributed by atoms with Gasteiger partial charge in [0.05, 0.1) is 0 Å². The minimum Gasteiger partial charge on any atom is -0.330 e. The van der Waals surface area contributed by atoms with Crippen molar-refractivity contribution in [1.29, 1.82) is 0 Å². The van der Waals surface area contributed by atoms with Crippen molar-refractivity contribution in [2.24, 2.45) is 5.73 Å². The third-order valence-corrected chi connectivity index (χ3v) is 1.43. The van der Waals surface area contributed by atoms with Crippen molar-refractivity contribution >= 4 is 11.6 Å². The lowest BCUT2D eigenvalue weighted by atomic mass is 10.3. The highest BCUT2D eigenvalue weighted by molar-refractivity contribution is 6.30. The molecule has 0 aliphatic rings. The van der Waals surface area contributed by atoms with E-state index in [9.17, 15) is 4.39 Å². The summed E-state index contributed by atoms with van der Waals surface area (Å²) in [6.45, 7) is 0.451. The van der Waals surface area contributed by atoms with Crippen LogP contribution in [0, 0.1) is 5.95 Å². The molecule has 0 radical (unpaired) electrons. The van der Waals surface area contributed by atoms with Crippen molar-refractivity contribution in [2.45, 2.75) is 6.42 Å². The number of nitrogens with two attached hydrogens (primary N) is 1. The topological polar surface area (TPSA) is 38.9 Å². The maximum absolute atomic E-state index is 12.5. The summed E-state index contributed by atoms with van der Waals surface area (Å²) in [5, 5.41) is 0.362. The second-order valence-electron chi connectivity index (χ2n) is 2.14. The molecule has 0 saturated carbocycles. The predicted octanol–water partition coefficient (Wildman–Crippen LogP) is 1.38. The number of hydrogen-bond acceptors (Lipinski definition) is 2. The summed E-state index contributed by atoms with van der Waals surface area (Å²) >= 11 is 5.57. The molecule has 0 bridgehead atoms. The lowest BCUT2D eigenvalue weighted by Crippen LogP contribution is -2.04. The zero-order chi connectivity index (χ0) is 8.27. The molecular formula is C7H8ClFN2. The van der Waals surface area contributed by atoms with Crippen LogP contribution in [-0.2, 0) is 6.42 Å². The first-order valence-corrected chi connectivity index (χ1v) is 3.62. The molecule has 0 spiro atoms. The molecule has 0 saturated heterocycles. The van der Waals surface area contributed by atoms with E-state index < -0.39 is 5.95 Å². The van der Waals surface area contributed by atoms with Gasteiger partial charge in [-0.1, -0.05) is 11.6 Å². The molecule has 0 atom stereocenters. The second kappa shape index (κ2) is 3.64. The highest BCUT2D eigenvalue weighted by atomic mass is 35.5. The highest BCUT2D eigenvalue weighted by Gasteiger charge is 1.98. The average molecular weight is 175 g/mol. The predicted molar refractivity (Wildman–Crippen MR) is 42.0 cm³/mol. The van der Waals surface area contributed by atoms with Gasteiger partial charge in [-0.3, -0.25) is 0 Å². The van der Waals surface area contributed by atoms with Crippen LogP contribution in [-0.4, -0.2) is 11.5 Å². The Labute approximate surface area is 69.2 Å². The van der Waals surface area contributed by atoms with E-state index >= 15 is 0 Å². The molecule has 1 aromatic heterocycles. The van der Waals surface area contributed by atoms with Gasteiger partial charge in [0.2, 0.25) is 5.95 Å². The number of rotatable bonds is 2. The Kier molecular flexibility index (Phi) is 2.79. The van der Waals surface area contributed by atoms with Gasteiger partial charge in [0.15, 0.2) is 0 Å². The second-order valence-corrected chi connectivity index (χ2v) is 2.57. The zero-order valence-corrected chi connectivity index (χ0v) is 6.61. The van der Waals surface area contributed by atoms with Crippen LogP contribution < -0.4 is 5.73 Å². The van der Waals surface area contributed by atoms with Gasteiger partial charge < -0.3 is 5.73 Å². The van der Waals surface area contributed by atoms with Crippen molar-refractivity contribution in [1.82, 2.24) is 4.98 Å².